The van der Waals surface area contributed by atoms with Gasteiger partial charge in [-0.05, 0) is 45.6 Å². The Hall–Kier alpha value is -2.12. The molecule has 1 aromatic carbocycles. The number of aliphatic carboxylic acids is 1. The molecule has 146 valence electrons. The highest BCUT2D eigenvalue weighted by Gasteiger charge is 2.18. The van der Waals surface area contributed by atoms with Crippen LogP contribution in [-0.2, 0) is 20.9 Å². The Morgan fingerprint density at radius 3 is 2.46 bits per heavy atom. The fraction of sp³-hybridized carbons (Fsp3) is 0.579. The summed E-state index contributed by atoms with van der Waals surface area (Å²) in [5.74, 6) is -0.905. The van der Waals surface area contributed by atoms with E-state index in [-0.39, 0.29) is 18.9 Å². The lowest BCUT2D eigenvalue weighted by Crippen LogP contribution is -2.40. The van der Waals surface area contributed by atoms with Crippen LogP contribution in [0, 0.1) is 0 Å². The summed E-state index contributed by atoms with van der Waals surface area (Å²) < 4.78 is 10.6. The van der Waals surface area contributed by atoms with E-state index in [1.54, 1.807) is 0 Å². The first kappa shape index (κ1) is 21.9. The molecule has 0 radical (unpaired) electrons. The number of carboxylic acid groups (broad SMARTS) is 1. The van der Waals surface area contributed by atoms with Crippen LogP contribution in [0.1, 0.15) is 45.6 Å². The minimum absolute atomic E-state index is 0.185. The Balaban J connectivity index is 2.13. The predicted molar refractivity (Wildman–Crippen MR) is 98.7 cm³/mol. The lowest BCUT2D eigenvalue weighted by molar-refractivity contribution is -0.140. The average Bonchev–Trinajstić information content (AvgIpc) is 2.57. The van der Waals surface area contributed by atoms with Gasteiger partial charge in [-0.15, -0.1) is 0 Å². The standard InChI is InChI=1S/C19H30N2O5/c1-19(2,3)26-14-21-16(17(22)23)11-7-8-12-20-18(24)25-13-15-9-5-4-6-10-15/h4-6,9-10,16,21H,7-8,11-14H2,1-3H3,(H,20,24)(H,22,23)/t16-/m1/s1. The van der Waals surface area contributed by atoms with Gasteiger partial charge in [0.2, 0.25) is 0 Å². The van der Waals surface area contributed by atoms with Crippen LogP contribution >= 0.6 is 0 Å². The molecule has 0 bridgehead atoms. The van der Waals surface area contributed by atoms with Crippen molar-refractivity contribution in [2.75, 3.05) is 13.3 Å². The summed E-state index contributed by atoms with van der Waals surface area (Å²) >= 11 is 0. The number of unbranched alkanes of at least 4 members (excludes halogenated alkanes) is 1. The molecule has 0 heterocycles. The number of rotatable bonds is 11. The van der Waals surface area contributed by atoms with Crippen LogP contribution in [0.3, 0.4) is 0 Å². The summed E-state index contributed by atoms with van der Waals surface area (Å²) in [6, 6.07) is 8.78. The van der Waals surface area contributed by atoms with Crippen molar-refractivity contribution >= 4 is 12.1 Å². The van der Waals surface area contributed by atoms with Crippen LogP contribution in [0.4, 0.5) is 4.79 Å². The molecule has 1 atom stereocenters. The monoisotopic (exact) mass is 366 g/mol. The van der Waals surface area contributed by atoms with E-state index in [0.717, 1.165) is 5.56 Å². The predicted octanol–water partition coefficient (Wildman–Crippen LogP) is 2.90. The Morgan fingerprint density at radius 1 is 1.15 bits per heavy atom. The van der Waals surface area contributed by atoms with Gasteiger partial charge in [-0.3, -0.25) is 10.1 Å². The van der Waals surface area contributed by atoms with Gasteiger partial charge in [-0.25, -0.2) is 4.79 Å². The summed E-state index contributed by atoms with van der Waals surface area (Å²) in [6.45, 7) is 6.58. The van der Waals surface area contributed by atoms with Crippen molar-refractivity contribution < 1.29 is 24.2 Å². The topological polar surface area (TPSA) is 96.9 Å². The third kappa shape index (κ3) is 10.7. The smallest absolute Gasteiger partial charge is 0.407 e. The molecule has 0 saturated heterocycles. The molecule has 0 aliphatic rings. The van der Waals surface area contributed by atoms with Crippen LogP contribution in [0.5, 0.6) is 0 Å². The number of ether oxygens (including phenoxy) is 2. The maximum Gasteiger partial charge on any atom is 0.407 e. The normalized spacial score (nSPS) is 12.4. The number of hydrogen-bond donors (Lipinski definition) is 3. The Morgan fingerprint density at radius 2 is 1.85 bits per heavy atom. The third-order valence-corrected chi connectivity index (χ3v) is 3.53. The zero-order valence-corrected chi connectivity index (χ0v) is 15.8. The van der Waals surface area contributed by atoms with Crippen molar-refractivity contribution in [1.82, 2.24) is 10.6 Å². The van der Waals surface area contributed by atoms with Crippen molar-refractivity contribution in [3.05, 3.63) is 35.9 Å². The number of hydrogen-bond acceptors (Lipinski definition) is 5. The quantitative estimate of drug-likeness (QED) is 0.412. The van der Waals surface area contributed by atoms with Gasteiger partial charge in [-0.1, -0.05) is 30.3 Å². The van der Waals surface area contributed by atoms with Gasteiger partial charge in [0.25, 0.3) is 0 Å². The van der Waals surface area contributed by atoms with E-state index in [1.165, 1.54) is 0 Å². The minimum atomic E-state index is -0.905. The fourth-order valence-corrected chi connectivity index (χ4v) is 2.11. The second kappa shape index (κ2) is 11.5. The van der Waals surface area contributed by atoms with E-state index in [4.69, 9.17) is 9.47 Å². The number of carbonyl (C=O) groups excluding carboxylic acids is 1. The SMILES string of the molecule is CC(C)(C)OCN[C@H](CCCCNC(=O)OCc1ccccc1)C(=O)O. The van der Waals surface area contributed by atoms with Crippen LogP contribution in [0.15, 0.2) is 30.3 Å². The zero-order chi connectivity index (χ0) is 19.4. The van der Waals surface area contributed by atoms with Crippen LogP contribution in [0.2, 0.25) is 0 Å². The lowest BCUT2D eigenvalue weighted by Gasteiger charge is -2.22. The Kier molecular flexibility index (Phi) is 9.69. The van der Waals surface area contributed by atoms with Gasteiger partial charge in [0.05, 0.1) is 12.3 Å². The van der Waals surface area contributed by atoms with Crippen molar-refractivity contribution in [3.8, 4) is 0 Å². The van der Waals surface area contributed by atoms with Gasteiger partial charge in [0.15, 0.2) is 0 Å². The van der Waals surface area contributed by atoms with Crippen molar-refractivity contribution in [1.29, 1.82) is 0 Å². The molecule has 7 nitrogen and oxygen atoms in total. The van der Waals surface area contributed by atoms with Gasteiger partial charge in [-0.2, -0.15) is 0 Å². The molecule has 0 unspecified atom stereocenters. The molecule has 3 N–H and O–H groups in total. The first-order valence-electron chi connectivity index (χ1n) is 8.82. The molecule has 26 heavy (non-hydrogen) atoms. The first-order valence-corrected chi connectivity index (χ1v) is 8.82. The number of carboxylic acids is 1. The van der Waals surface area contributed by atoms with Gasteiger partial charge >= 0.3 is 12.1 Å². The molecule has 0 aromatic heterocycles. The summed E-state index contributed by atoms with van der Waals surface area (Å²) in [4.78, 5) is 22.8. The summed E-state index contributed by atoms with van der Waals surface area (Å²) in [5.41, 5.74) is 0.607. The highest BCUT2D eigenvalue weighted by Crippen LogP contribution is 2.07. The summed E-state index contributed by atoms with van der Waals surface area (Å²) in [6.07, 6.45) is 1.33. The molecule has 0 spiro atoms. The second-order valence-electron chi connectivity index (χ2n) is 6.98. The molecular formula is C19H30N2O5. The highest BCUT2D eigenvalue weighted by molar-refractivity contribution is 5.73. The molecule has 0 aliphatic carbocycles. The average molecular weight is 366 g/mol. The first-order chi connectivity index (χ1) is 12.3. The van der Waals surface area contributed by atoms with Crippen molar-refractivity contribution in [3.63, 3.8) is 0 Å². The maximum absolute atomic E-state index is 11.6. The van der Waals surface area contributed by atoms with E-state index < -0.39 is 18.1 Å². The summed E-state index contributed by atoms with van der Waals surface area (Å²) in [5, 5.41) is 14.8. The van der Waals surface area contributed by atoms with E-state index in [2.05, 4.69) is 10.6 Å². The number of nitrogens with one attached hydrogen (secondary N) is 2. The molecular weight excluding hydrogens is 336 g/mol. The van der Waals surface area contributed by atoms with Crippen molar-refractivity contribution in [2.24, 2.45) is 0 Å². The van der Waals surface area contributed by atoms with Crippen LogP contribution < -0.4 is 10.6 Å². The van der Waals surface area contributed by atoms with E-state index in [0.29, 0.717) is 25.8 Å². The number of amides is 1. The van der Waals surface area contributed by atoms with Gasteiger partial charge in [0, 0.05) is 6.54 Å². The fourth-order valence-electron chi connectivity index (χ4n) is 2.11. The van der Waals surface area contributed by atoms with E-state index >= 15 is 0 Å². The number of alkyl carbamates (subject to hydrolysis) is 1. The Bertz CT molecular complexity index is 543. The molecule has 0 saturated carbocycles. The van der Waals surface area contributed by atoms with Crippen LogP contribution in [-0.4, -0.2) is 42.1 Å². The summed E-state index contributed by atoms with van der Waals surface area (Å²) in [7, 11) is 0. The number of benzene rings is 1. The largest absolute Gasteiger partial charge is 0.480 e. The molecule has 1 aromatic rings. The molecule has 0 aliphatic heterocycles. The highest BCUT2D eigenvalue weighted by atomic mass is 16.5. The van der Waals surface area contributed by atoms with Gasteiger partial charge < -0.3 is 19.9 Å². The minimum Gasteiger partial charge on any atom is -0.480 e. The second-order valence-corrected chi connectivity index (χ2v) is 6.98. The maximum atomic E-state index is 11.6. The lowest BCUT2D eigenvalue weighted by atomic mass is 10.1. The number of carbonyl (C=O) groups is 2. The van der Waals surface area contributed by atoms with Crippen molar-refractivity contribution in [2.45, 2.75) is 58.3 Å². The molecule has 1 rings (SSSR count). The molecule has 1 amide bonds. The molecule has 7 heteroatoms. The molecule has 0 fully saturated rings. The van der Waals surface area contributed by atoms with E-state index in [1.807, 2.05) is 51.1 Å². The van der Waals surface area contributed by atoms with E-state index in [9.17, 15) is 14.7 Å². The third-order valence-electron chi connectivity index (χ3n) is 3.53. The Labute approximate surface area is 155 Å². The van der Waals surface area contributed by atoms with Crippen LogP contribution in [0.25, 0.3) is 0 Å². The van der Waals surface area contributed by atoms with Gasteiger partial charge in [0.1, 0.15) is 12.6 Å². The zero-order valence-electron chi connectivity index (χ0n) is 15.8.